The van der Waals surface area contributed by atoms with E-state index >= 15 is 0 Å². The van der Waals surface area contributed by atoms with Crippen LogP contribution in [-0.4, -0.2) is 18.7 Å². The first-order chi connectivity index (χ1) is 11.5. The van der Waals surface area contributed by atoms with Crippen LogP contribution in [0.25, 0.3) is 6.08 Å². The number of amides is 1. The number of hydrogen-bond donors (Lipinski definition) is 0. The molecule has 0 spiro atoms. The Balaban J connectivity index is 2.04. The highest BCUT2D eigenvalue weighted by molar-refractivity contribution is 9.11. The van der Waals surface area contributed by atoms with Gasteiger partial charge in [-0.3, -0.25) is 4.79 Å². The standard InChI is InChI=1S/C18H14Br2N2O2/c1-11-15(9-12-8-13(19)10-16(20)17(12)24-2)18(23)22(21-11)14-6-4-3-5-7-14/h3-10H,1-2H3/b15-9-. The number of para-hydroxylation sites is 1. The quantitative estimate of drug-likeness (QED) is 0.617. The molecule has 1 aliphatic heterocycles. The van der Waals surface area contributed by atoms with Crippen molar-refractivity contribution in [3.8, 4) is 5.75 Å². The van der Waals surface area contributed by atoms with Gasteiger partial charge >= 0.3 is 0 Å². The molecular weight excluding hydrogens is 436 g/mol. The Morgan fingerprint density at radius 3 is 2.54 bits per heavy atom. The van der Waals surface area contributed by atoms with Gasteiger partial charge in [0.05, 0.1) is 28.6 Å². The zero-order chi connectivity index (χ0) is 17.3. The lowest BCUT2D eigenvalue weighted by atomic mass is 10.1. The molecule has 1 heterocycles. The van der Waals surface area contributed by atoms with Crippen molar-refractivity contribution in [3.05, 3.63) is 62.5 Å². The number of hydrazone groups is 1. The summed E-state index contributed by atoms with van der Waals surface area (Å²) in [6.45, 7) is 1.83. The summed E-state index contributed by atoms with van der Waals surface area (Å²) in [7, 11) is 1.60. The lowest BCUT2D eigenvalue weighted by Gasteiger charge is -2.12. The maximum Gasteiger partial charge on any atom is 0.280 e. The Bertz CT molecular complexity index is 861. The molecule has 2 aromatic rings. The molecule has 0 aromatic heterocycles. The van der Waals surface area contributed by atoms with Crippen LogP contribution in [0.3, 0.4) is 0 Å². The zero-order valence-corrected chi connectivity index (χ0v) is 16.3. The minimum Gasteiger partial charge on any atom is -0.495 e. The van der Waals surface area contributed by atoms with E-state index in [1.54, 1.807) is 13.2 Å². The molecule has 0 atom stereocenters. The van der Waals surface area contributed by atoms with Gasteiger partial charge in [-0.15, -0.1) is 0 Å². The molecular formula is C18H14Br2N2O2. The normalized spacial score (nSPS) is 15.8. The Morgan fingerprint density at radius 2 is 1.88 bits per heavy atom. The van der Waals surface area contributed by atoms with Crippen LogP contribution in [-0.2, 0) is 4.79 Å². The molecule has 0 N–H and O–H groups in total. The van der Waals surface area contributed by atoms with Crippen LogP contribution in [0.4, 0.5) is 5.69 Å². The van der Waals surface area contributed by atoms with E-state index in [9.17, 15) is 4.79 Å². The average Bonchev–Trinajstić information content (AvgIpc) is 2.83. The van der Waals surface area contributed by atoms with Gasteiger partial charge in [-0.25, -0.2) is 0 Å². The summed E-state index contributed by atoms with van der Waals surface area (Å²) in [6, 6.07) is 13.2. The summed E-state index contributed by atoms with van der Waals surface area (Å²) in [5.41, 5.74) is 2.75. The molecule has 0 radical (unpaired) electrons. The van der Waals surface area contributed by atoms with Crippen molar-refractivity contribution in [2.75, 3.05) is 12.1 Å². The lowest BCUT2D eigenvalue weighted by Crippen LogP contribution is -2.21. The number of anilines is 1. The zero-order valence-electron chi connectivity index (χ0n) is 13.1. The predicted molar refractivity (Wildman–Crippen MR) is 103 cm³/mol. The molecule has 2 aromatic carbocycles. The van der Waals surface area contributed by atoms with Crippen LogP contribution >= 0.6 is 31.9 Å². The summed E-state index contributed by atoms with van der Waals surface area (Å²) in [4.78, 5) is 12.8. The van der Waals surface area contributed by atoms with Crippen LogP contribution < -0.4 is 9.75 Å². The number of ether oxygens (including phenoxy) is 1. The SMILES string of the molecule is COc1c(Br)cc(Br)cc1/C=C1\C(=O)N(c2ccccc2)N=C1C. The van der Waals surface area contributed by atoms with Gasteiger partial charge in [0.25, 0.3) is 5.91 Å². The number of nitrogens with zero attached hydrogens (tertiary/aromatic N) is 2. The van der Waals surface area contributed by atoms with Gasteiger partial charge in [0, 0.05) is 10.0 Å². The van der Waals surface area contributed by atoms with Gasteiger partial charge in [0.15, 0.2) is 0 Å². The average molecular weight is 450 g/mol. The number of halogens is 2. The van der Waals surface area contributed by atoms with Crippen molar-refractivity contribution in [3.63, 3.8) is 0 Å². The van der Waals surface area contributed by atoms with Crippen LogP contribution in [0, 0.1) is 0 Å². The number of methoxy groups -OCH3 is 1. The summed E-state index contributed by atoms with van der Waals surface area (Å²) < 4.78 is 7.15. The molecule has 0 aliphatic carbocycles. The Morgan fingerprint density at radius 1 is 1.17 bits per heavy atom. The summed E-state index contributed by atoms with van der Waals surface area (Å²) in [5.74, 6) is 0.515. The van der Waals surface area contributed by atoms with Gasteiger partial charge in [-0.1, -0.05) is 34.1 Å². The fraction of sp³-hybridized carbons (Fsp3) is 0.111. The van der Waals surface area contributed by atoms with E-state index < -0.39 is 0 Å². The largest absolute Gasteiger partial charge is 0.495 e. The minimum absolute atomic E-state index is 0.156. The van der Waals surface area contributed by atoms with E-state index in [1.807, 2.05) is 49.4 Å². The molecule has 0 saturated heterocycles. The monoisotopic (exact) mass is 448 g/mol. The molecule has 0 unspecified atom stereocenters. The molecule has 1 aliphatic rings. The number of benzene rings is 2. The van der Waals surface area contributed by atoms with Crippen molar-refractivity contribution in [1.82, 2.24) is 0 Å². The van der Waals surface area contributed by atoms with Gasteiger partial charge < -0.3 is 4.74 Å². The second-order valence-corrected chi connectivity index (χ2v) is 6.98. The third kappa shape index (κ3) is 3.16. The Kier molecular flexibility index (Phi) is 4.87. The highest BCUT2D eigenvalue weighted by Crippen LogP contribution is 2.35. The smallest absolute Gasteiger partial charge is 0.280 e. The fourth-order valence-corrected chi connectivity index (χ4v) is 3.91. The first kappa shape index (κ1) is 16.9. The Hall–Kier alpha value is -1.92. The van der Waals surface area contributed by atoms with Gasteiger partial charge in [-0.2, -0.15) is 10.1 Å². The van der Waals surface area contributed by atoms with E-state index in [-0.39, 0.29) is 5.91 Å². The van der Waals surface area contributed by atoms with Gasteiger partial charge in [0.2, 0.25) is 0 Å². The number of carbonyl (C=O) groups excluding carboxylic acids is 1. The van der Waals surface area contributed by atoms with Crippen molar-refractivity contribution < 1.29 is 9.53 Å². The summed E-state index contributed by atoms with van der Waals surface area (Å²) in [5, 5.41) is 5.80. The van der Waals surface area contributed by atoms with Crippen LogP contribution in [0.1, 0.15) is 12.5 Å². The third-order valence-corrected chi connectivity index (χ3v) is 4.65. The maximum atomic E-state index is 12.8. The molecule has 3 rings (SSSR count). The van der Waals surface area contributed by atoms with Gasteiger partial charge in [-0.05, 0) is 53.2 Å². The molecule has 0 bridgehead atoms. The second kappa shape index (κ2) is 6.91. The predicted octanol–water partition coefficient (Wildman–Crippen LogP) is 5.03. The minimum atomic E-state index is -0.156. The maximum absolute atomic E-state index is 12.8. The van der Waals surface area contributed by atoms with Gasteiger partial charge in [0.1, 0.15) is 5.75 Å². The molecule has 1 amide bonds. The lowest BCUT2D eigenvalue weighted by molar-refractivity contribution is -0.114. The topological polar surface area (TPSA) is 41.9 Å². The molecule has 4 nitrogen and oxygen atoms in total. The highest BCUT2D eigenvalue weighted by atomic mass is 79.9. The molecule has 0 saturated carbocycles. The van der Waals surface area contributed by atoms with Crippen LogP contribution in [0.5, 0.6) is 5.75 Å². The van der Waals surface area contributed by atoms with E-state index in [2.05, 4.69) is 37.0 Å². The molecule has 24 heavy (non-hydrogen) atoms. The van der Waals surface area contributed by atoms with Crippen molar-refractivity contribution in [2.24, 2.45) is 5.10 Å². The van der Waals surface area contributed by atoms with E-state index in [0.29, 0.717) is 17.0 Å². The Labute approximate surface area is 157 Å². The first-order valence-electron chi connectivity index (χ1n) is 7.21. The molecule has 0 fully saturated rings. The number of rotatable bonds is 3. The summed E-state index contributed by atoms with van der Waals surface area (Å²) in [6.07, 6.45) is 1.80. The second-order valence-electron chi connectivity index (χ2n) is 5.21. The van der Waals surface area contributed by atoms with Crippen molar-refractivity contribution >= 4 is 55.2 Å². The first-order valence-corrected chi connectivity index (χ1v) is 8.79. The van der Waals surface area contributed by atoms with E-state index in [0.717, 1.165) is 20.2 Å². The number of hydrogen-bond acceptors (Lipinski definition) is 3. The highest BCUT2D eigenvalue weighted by Gasteiger charge is 2.29. The molecule has 122 valence electrons. The van der Waals surface area contributed by atoms with Crippen molar-refractivity contribution in [2.45, 2.75) is 6.92 Å². The number of carbonyl (C=O) groups is 1. The molecule has 6 heteroatoms. The summed E-state index contributed by atoms with van der Waals surface area (Å²) >= 11 is 6.94. The van der Waals surface area contributed by atoms with Crippen LogP contribution in [0.15, 0.2) is 62.1 Å². The van der Waals surface area contributed by atoms with E-state index in [4.69, 9.17) is 4.74 Å². The van der Waals surface area contributed by atoms with Crippen LogP contribution in [0.2, 0.25) is 0 Å². The third-order valence-electron chi connectivity index (χ3n) is 3.60. The van der Waals surface area contributed by atoms with Crippen molar-refractivity contribution in [1.29, 1.82) is 0 Å². The van der Waals surface area contributed by atoms with E-state index in [1.165, 1.54) is 5.01 Å². The fourth-order valence-electron chi connectivity index (χ4n) is 2.49.